The van der Waals surface area contributed by atoms with Gasteiger partial charge in [-0.15, -0.1) is 0 Å². The summed E-state index contributed by atoms with van der Waals surface area (Å²) in [5.74, 6) is -1.85. The van der Waals surface area contributed by atoms with Crippen LogP contribution in [0, 0.1) is 11.8 Å². The Morgan fingerprint density at radius 2 is 1.67 bits per heavy atom. The quantitative estimate of drug-likeness (QED) is 0.332. The molecule has 0 aromatic heterocycles. The number of nitrogens with one attached hydrogen (secondary N) is 2. The van der Waals surface area contributed by atoms with Crippen molar-refractivity contribution in [3.63, 3.8) is 0 Å². The van der Waals surface area contributed by atoms with Crippen molar-refractivity contribution in [1.29, 1.82) is 0 Å². The molecule has 2 amide bonds. The molecule has 1 saturated heterocycles. The van der Waals surface area contributed by atoms with Crippen LogP contribution in [-0.4, -0.2) is 57.6 Å². The van der Waals surface area contributed by atoms with E-state index in [9.17, 15) is 22.8 Å². The third-order valence-corrected chi connectivity index (χ3v) is 5.20. The van der Waals surface area contributed by atoms with E-state index in [1.807, 2.05) is 34.6 Å². The number of amides is 2. The third kappa shape index (κ3) is 8.97. The highest BCUT2D eigenvalue weighted by molar-refractivity contribution is 7.82. The van der Waals surface area contributed by atoms with Crippen molar-refractivity contribution in [2.24, 2.45) is 11.8 Å². The van der Waals surface area contributed by atoms with Crippen molar-refractivity contribution in [2.75, 3.05) is 13.2 Å². The van der Waals surface area contributed by atoms with Crippen molar-refractivity contribution >= 4 is 28.2 Å². The normalized spacial score (nSPS) is 21.4. The zero-order valence-electron chi connectivity index (χ0n) is 18.3. The second kappa shape index (κ2) is 12.2. The molecule has 174 valence electrons. The fourth-order valence-corrected chi connectivity index (χ4v) is 3.61. The summed E-state index contributed by atoms with van der Waals surface area (Å²) in [5.41, 5.74) is 0. The molecular formula is C19H34N2O8S. The van der Waals surface area contributed by atoms with E-state index in [4.69, 9.17) is 4.74 Å². The van der Waals surface area contributed by atoms with Crippen LogP contribution in [0.4, 0.5) is 0 Å². The summed E-state index contributed by atoms with van der Waals surface area (Å²) in [4.78, 5) is 37.4. The van der Waals surface area contributed by atoms with Crippen LogP contribution in [0.15, 0.2) is 0 Å². The van der Waals surface area contributed by atoms with E-state index in [-0.39, 0.29) is 18.4 Å². The Morgan fingerprint density at radius 1 is 1.03 bits per heavy atom. The maximum Gasteiger partial charge on any atom is 0.401 e. The Hall–Kier alpha value is -1.72. The highest BCUT2D eigenvalue weighted by Gasteiger charge is 2.50. The number of hydrogen-bond donors (Lipinski definition) is 2. The van der Waals surface area contributed by atoms with Crippen LogP contribution in [-0.2, 0) is 37.9 Å². The van der Waals surface area contributed by atoms with Crippen molar-refractivity contribution in [2.45, 2.75) is 78.6 Å². The second-order valence-corrected chi connectivity index (χ2v) is 9.33. The fraction of sp³-hybridized carbons (Fsp3) is 0.842. The first-order valence-corrected chi connectivity index (χ1v) is 11.7. The molecule has 3 atom stereocenters. The van der Waals surface area contributed by atoms with Crippen molar-refractivity contribution in [3.05, 3.63) is 0 Å². The van der Waals surface area contributed by atoms with E-state index in [0.29, 0.717) is 25.3 Å². The summed E-state index contributed by atoms with van der Waals surface area (Å²) in [5, 5.41) is 5.25. The van der Waals surface area contributed by atoms with Crippen LogP contribution >= 0.6 is 0 Å². The molecule has 10 nitrogen and oxygen atoms in total. The first kappa shape index (κ1) is 26.3. The van der Waals surface area contributed by atoms with Gasteiger partial charge in [-0.2, -0.15) is 8.42 Å². The van der Waals surface area contributed by atoms with Gasteiger partial charge in [0.25, 0.3) is 5.91 Å². The number of hydrogen-bond acceptors (Lipinski definition) is 8. The van der Waals surface area contributed by atoms with Crippen LogP contribution in [0.3, 0.4) is 0 Å². The van der Waals surface area contributed by atoms with Gasteiger partial charge in [0.15, 0.2) is 6.10 Å². The van der Waals surface area contributed by atoms with Crippen LogP contribution in [0.2, 0.25) is 0 Å². The average Bonchev–Trinajstić information content (AvgIpc) is 2.96. The summed E-state index contributed by atoms with van der Waals surface area (Å²) in [6, 6.07) is -0.909. The SMILES string of the molecule is CCCCOC(=O)[C@H]1OS(=O)(=O)O[C@@H]1C(=O)N[C@@H](CC(C)C)C(=O)NCCC(C)C. The van der Waals surface area contributed by atoms with Gasteiger partial charge in [0.05, 0.1) is 6.61 Å². The smallest absolute Gasteiger partial charge is 0.401 e. The van der Waals surface area contributed by atoms with Crippen molar-refractivity contribution < 1.29 is 35.9 Å². The molecule has 0 aliphatic carbocycles. The van der Waals surface area contributed by atoms with Gasteiger partial charge in [-0.05, 0) is 31.1 Å². The van der Waals surface area contributed by atoms with E-state index >= 15 is 0 Å². The molecule has 0 radical (unpaired) electrons. The highest BCUT2D eigenvalue weighted by atomic mass is 32.3. The minimum absolute atomic E-state index is 0.0673. The number of ether oxygens (including phenoxy) is 1. The zero-order valence-corrected chi connectivity index (χ0v) is 19.1. The Morgan fingerprint density at radius 3 is 2.23 bits per heavy atom. The first-order chi connectivity index (χ1) is 14.0. The summed E-state index contributed by atoms with van der Waals surface area (Å²) < 4.78 is 37.6. The van der Waals surface area contributed by atoms with Crippen LogP contribution in [0.5, 0.6) is 0 Å². The monoisotopic (exact) mass is 450 g/mol. The lowest BCUT2D eigenvalue weighted by molar-refractivity contribution is -0.156. The number of rotatable bonds is 12. The van der Waals surface area contributed by atoms with Crippen molar-refractivity contribution in [3.8, 4) is 0 Å². The maximum atomic E-state index is 12.7. The average molecular weight is 451 g/mol. The van der Waals surface area contributed by atoms with Crippen LogP contribution in [0.25, 0.3) is 0 Å². The lowest BCUT2D eigenvalue weighted by Gasteiger charge is -2.22. The molecule has 0 aromatic carbocycles. The lowest BCUT2D eigenvalue weighted by Crippen LogP contribution is -2.53. The molecule has 2 N–H and O–H groups in total. The van der Waals surface area contributed by atoms with E-state index in [1.54, 1.807) is 0 Å². The molecule has 0 saturated carbocycles. The number of unbranched alkanes of at least 4 members (excludes halogenated alkanes) is 1. The van der Waals surface area contributed by atoms with E-state index in [1.165, 1.54) is 0 Å². The van der Waals surface area contributed by atoms with Gasteiger partial charge in [0.2, 0.25) is 12.0 Å². The number of esters is 1. The molecule has 0 spiro atoms. The summed E-state index contributed by atoms with van der Waals surface area (Å²) in [6.07, 6.45) is -1.07. The fourth-order valence-electron chi connectivity index (χ4n) is 2.68. The summed E-state index contributed by atoms with van der Waals surface area (Å²) >= 11 is 0. The van der Waals surface area contributed by atoms with Gasteiger partial charge < -0.3 is 15.4 Å². The standard InChI is InChI=1S/C19H34N2O8S/c1-6-7-10-27-19(24)16-15(28-30(25,26)29-16)18(23)21-14(11-13(4)5)17(22)20-9-8-12(2)3/h12-16H,6-11H2,1-5H3,(H,20,22)(H,21,23)/t14-,15-,16-/m0/s1. The predicted octanol–water partition coefficient (Wildman–Crippen LogP) is 1.05. The maximum absolute atomic E-state index is 12.7. The molecule has 0 aromatic rings. The van der Waals surface area contributed by atoms with Crippen LogP contribution in [0.1, 0.15) is 60.3 Å². The molecule has 1 fully saturated rings. The number of carbonyl (C=O) groups is 3. The van der Waals surface area contributed by atoms with Gasteiger partial charge in [0.1, 0.15) is 6.04 Å². The molecular weight excluding hydrogens is 416 g/mol. The molecule has 1 aliphatic heterocycles. The van der Waals surface area contributed by atoms with E-state index in [0.717, 1.165) is 12.8 Å². The van der Waals surface area contributed by atoms with E-state index in [2.05, 4.69) is 19.0 Å². The molecule has 1 rings (SSSR count). The Balaban J connectivity index is 2.85. The molecule has 0 bridgehead atoms. The van der Waals surface area contributed by atoms with Gasteiger partial charge in [-0.1, -0.05) is 41.0 Å². The molecule has 0 unspecified atom stereocenters. The molecule has 1 heterocycles. The number of carbonyl (C=O) groups excluding carboxylic acids is 3. The van der Waals surface area contributed by atoms with E-state index < -0.39 is 40.5 Å². The topological polar surface area (TPSA) is 137 Å². The summed E-state index contributed by atoms with van der Waals surface area (Å²) in [6.45, 7) is 10.2. The Labute approximate surface area is 178 Å². The minimum atomic E-state index is -4.53. The first-order valence-electron chi connectivity index (χ1n) is 10.3. The second-order valence-electron chi connectivity index (χ2n) is 8.13. The Kier molecular flexibility index (Phi) is 10.7. The Bertz CT molecular complexity index is 693. The van der Waals surface area contributed by atoms with Crippen LogP contribution < -0.4 is 10.6 Å². The molecule has 11 heteroatoms. The molecule has 30 heavy (non-hydrogen) atoms. The van der Waals surface area contributed by atoms with Gasteiger partial charge in [0, 0.05) is 6.54 Å². The predicted molar refractivity (Wildman–Crippen MR) is 108 cm³/mol. The van der Waals surface area contributed by atoms with Gasteiger partial charge in [-0.25, -0.2) is 13.2 Å². The third-order valence-electron chi connectivity index (χ3n) is 4.31. The lowest BCUT2D eigenvalue weighted by atomic mass is 10.0. The minimum Gasteiger partial charge on any atom is -0.464 e. The highest BCUT2D eigenvalue weighted by Crippen LogP contribution is 2.23. The zero-order chi connectivity index (χ0) is 22.9. The molecule has 1 aliphatic rings. The largest absolute Gasteiger partial charge is 0.464 e. The van der Waals surface area contributed by atoms with Gasteiger partial charge >= 0.3 is 16.4 Å². The van der Waals surface area contributed by atoms with Crippen molar-refractivity contribution in [1.82, 2.24) is 10.6 Å². The van der Waals surface area contributed by atoms with Gasteiger partial charge in [-0.3, -0.25) is 9.59 Å². The summed E-state index contributed by atoms with van der Waals surface area (Å²) in [7, 11) is -4.53.